The van der Waals surface area contributed by atoms with E-state index in [9.17, 15) is 14.4 Å². The van der Waals surface area contributed by atoms with E-state index in [0.717, 1.165) is 109 Å². The predicted octanol–water partition coefficient (Wildman–Crippen LogP) is 18.6. The number of carbonyl (C=O) groups is 3. The summed E-state index contributed by atoms with van der Waals surface area (Å²) in [5.41, 5.74) is 0. The molecule has 66 heavy (non-hydrogen) atoms. The van der Waals surface area contributed by atoms with Crippen LogP contribution in [0.4, 0.5) is 0 Å². The van der Waals surface area contributed by atoms with Crippen molar-refractivity contribution in [3.63, 3.8) is 0 Å². The lowest BCUT2D eigenvalue weighted by atomic mass is 10.0. The highest BCUT2D eigenvalue weighted by atomic mass is 16.6. The number of carbonyl (C=O) groups excluding carboxylic acids is 3. The Balaban J connectivity index is 4.36. The Morgan fingerprint density at radius 3 is 0.924 bits per heavy atom. The molecule has 0 aromatic heterocycles. The molecule has 0 heterocycles. The van der Waals surface area contributed by atoms with Gasteiger partial charge in [0.2, 0.25) is 0 Å². The zero-order valence-electron chi connectivity index (χ0n) is 43.4. The molecule has 0 aliphatic rings. The lowest BCUT2D eigenvalue weighted by molar-refractivity contribution is -0.167. The average molecular weight is 921 g/mol. The molecule has 0 amide bonds. The lowest BCUT2D eigenvalue weighted by Gasteiger charge is -2.18. The first-order chi connectivity index (χ1) is 32.5. The summed E-state index contributed by atoms with van der Waals surface area (Å²) in [7, 11) is 0. The molecule has 0 aromatic rings. The summed E-state index contributed by atoms with van der Waals surface area (Å²) in [5, 5.41) is 0. The molecule has 0 fully saturated rings. The van der Waals surface area contributed by atoms with Crippen LogP contribution in [0.5, 0.6) is 0 Å². The largest absolute Gasteiger partial charge is 0.462 e. The zero-order chi connectivity index (χ0) is 47.9. The van der Waals surface area contributed by atoms with Crippen LogP contribution in [0.3, 0.4) is 0 Å². The van der Waals surface area contributed by atoms with Gasteiger partial charge in [-0.3, -0.25) is 14.4 Å². The Kier molecular flexibility index (Phi) is 51.9. The Bertz CT molecular complexity index is 1240. The lowest BCUT2D eigenvalue weighted by Crippen LogP contribution is -2.30. The Hall–Kier alpha value is -3.15. The van der Waals surface area contributed by atoms with Gasteiger partial charge in [0.25, 0.3) is 0 Å². The van der Waals surface area contributed by atoms with E-state index in [1.54, 1.807) is 0 Å². The maximum Gasteiger partial charge on any atom is 0.306 e. The molecule has 6 nitrogen and oxygen atoms in total. The molecule has 0 aliphatic carbocycles. The van der Waals surface area contributed by atoms with Gasteiger partial charge in [-0.25, -0.2) is 0 Å². The zero-order valence-corrected chi connectivity index (χ0v) is 43.4. The molecule has 0 bridgehead atoms. The van der Waals surface area contributed by atoms with E-state index in [-0.39, 0.29) is 31.1 Å². The predicted molar refractivity (Wildman–Crippen MR) is 284 cm³/mol. The summed E-state index contributed by atoms with van der Waals surface area (Å²) in [5.74, 6) is -0.898. The summed E-state index contributed by atoms with van der Waals surface area (Å²) < 4.78 is 16.8. The van der Waals surface area contributed by atoms with Gasteiger partial charge in [-0.05, 0) is 70.6 Å². The standard InChI is InChI=1S/C60H104O6/c1-4-7-10-13-16-19-22-25-26-27-28-29-30-31-32-33-34-36-38-41-44-47-50-53-59(62)65-56-57(55-64-58(61)52-49-46-43-40-37-24-21-18-15-12-9-6-3)66-60(63)54-51-48-45-42-39-35-23-20-17-14-11-8-5-2/h7,10,16,19,25-26,28-29,31-32,34,36,57H,4-6,8-9,11-15,17-18,20-24,27,30,33,35,37-56H2,1-3H3/b10-7-,19-16-,26-25-,29-28-,32-31-,36-34-. The Morgan fingerprint density at radius 1 is 0.318 bits per heavy atom. The molecule has 0 saturated heterocycles. The molecule has 0 aromatic carbocycles. The first-order valence-corrected chi connectivity index (χ1v) is 27.9. The van der Waals surface area contributed by atoms with Crippen LogP contribution < -0.4 is 0 Å². The fourth-order valence-corrected chi connectivity index (χ4v) is 7.80. The quantitative estimate of drug-likeness (QED) is 0.0262. The highest BCUT2D eigenvalue weighted by molar-refractivity contribution is 5.71. The molecule has 1 atom stereocenters. The van der Waals surface area contributed by atoms with Crippen LogP contribution in [0.2, 0.25) is 0 Å². The number of hydrogen-bond acceptors (Lipinski definition) is 6. The van der Waals surface area contributed by atoms with Crippen molar-refractivity contribution in [3.8, 4) is 0 Å². The number of rotatable bonds is 50. The maximum absolute atomic E-state index is 12.8. The highest BCUT2D eigenvalue weighted by Gasteiger charge is 2.19. The number of hydrogen-bond donors (Lipinski definition) is 0. The first-order valence-electron chi connectivity index (χ1n) is 27.9. The topological polar surface area (TPSA) is 78.9 Å². The van der Waals surface area contributed by atoms with Gasteiger partial charge in [0, 0.05) is 19.3 Å². The van der Waals surface area contributed by atoms with Crippen LogP contribution in [-0.4, -0.2) is 37.2 Å². The molecule has 0 aliphatic heterocycles. The van der Waals surface area contributed by atoms with Gasteiger partial charge < -0.3 is 14.2 Å². The van der Waals surface area contributed by atoms with Crippen molar-refractivity contribution < 1.29 is 28.6 Å². The Labute approximate surface area is 408 Å². The fraction of sp³-hybridized carbons (Fsp3) is 0.750. The Morgan fingerprint density at radius 2 is 0.591 bits per heavy atom. The normalized spacial score (nSPS) is 12.6. The molecule has 0 spiro atoms. The van der Waals surface area contributed by atoms with Crippen LogP contribution in [0.25, 0.3) is 0 Å². The van der Waals surface area contributed by atoms with Crippen LogP contribution >= 0.6 is 0 Å². The van der Waals surface area contributed by atoms with Gasteiger partial charge in [0.15, 0.2) is 6.10 Å². The van der Waals surface area contributed by atoms with Gasteiger partial charge >= 0.3 is 17.9 Å². The van der Waals surface area contributed by atoms with E-state index in [2.05, 4.69) is 93.7 Å². The van der Waals surface area contributed by atoms with Crippen molar-refractivity contribution in [2.75, 3.05) is 13.2 Å². The summed E-state index contributed by atoms with van der Waals surface area (Å²) in [6.45, 7) is 6.51. The van der Waals surface area contributed by atoms with Gasteiger partial charge in [0.1, 0.15) is 13.2 Å². The van der Waals surface area contributed by atoms with Gasteiger partial charge in [-0.2, -0.15) is 0 Å². The summed E-state index contributed by atoms with van der Waals surface area (Å²) >= 11 is 0. The summed E-state index contributed by atoms with van der Waals surface area (Å²) in [4.78, 5) is 38.0. The molecule has 1 unspecified atom stereocenters. The number of ether oxygens (including phenoxy) is 3. The van der Waals surface area contributed by atoms with Crippen LogP contribution in [0, 0.1) is 0 Å². The second-order valence-electron chi connectivity index (χ2n) is 18.5. The maximum atomic E-state index is 12.8. The minimum absolute atomic E-state index is 0.0800. The second-order valence-corrected chi connectivity index (χ2v) is 18.5. The number of unbranched alkanes of at least 4 members (excludes halogenated alkanes) is 27. The van der Waals surface area contributed by atoms with E-state index in [1.807, 2.05) is 0 Å². The minimum Gasteiger partial charge on any atom is -0.462 e. The molecule has 0 rings (SSSR count). The smallest absolute Gasteiger partial charge is 0.306 e. The molecule has 6 heteroatoms. The number of esters is 3. The van der Waals surface area contributed by atoms with Gasteiger partial charge in [-0.1, -0.05) is 254 Å². The van der Waals surface area contributed by atoms with Crippen molar-refractivity contribution >= 4 is 17.9 Å². The average Bonchev–Trinajstić information content (AvgIpc) is 3.31. The van der Waals surface area contributed by atoms with Crippen LogP contribution in [0.15, 0.2) is 72.9 Å². The first kappa shape index (κ1) is 62.8. The van der Waals surface area contributed by atoms with E-state index in [0.29, 0.717) is 19.3 Å². The van der Waals surface area contributed by atoms with E-state index < -0.39 is 6.10 Å². The molecule has 0 saturated carbocycles. The molecular formula is C60H104O6. The molecule has 0 N–H and O–H groups in total. The molecular weight excluding hydrogens is 817 g/mol. The van der Waals surface area contributed by atoms with E-state index in [4.69, 9.17) is 14.2 Å². The molecule has 380 valence electrons. The van der Waals surface area contributed by atoms with Crippen molar-refractivity contribution in [3.05, 3.63) is 72.9 Å². The van der Waals surface area contributed by atoms with Crippen LogP contribution in [-0.2, 0) is 28.6 Å². The highest BCUT2D eigenvalue weighted by Crippen LogP contribution is 2.16. The van der Waals surface area contributed by atoms with Gasteiger partial charge in [-0.15, -0.1) is 0 Å². The monoisotopic (exact) mass is 921 g/mol. The fourth-order valence-electron chi connectivity index (χ4n) is 7.80. The third kappa shape index (κ3) is 51.8. The SMILES string of the molecule is CC/C=C\C/C=C\C/C=C\C/C=C\C/C=C\C/C=C\CCCCCCC(=O)OCC(COC(=O)CCCCCCCCCCCCCC)OC(=O)CCCCCCCCCCCCCCC. The third-order valence-corrected chi connectivity index (χ3v) is 12.0. The minimum atomic E-state index is -0.782. The second kappa shape index (κ2) is 54.5. The third-order valence-electron chi connectivity index (χ3n) is 12.0. The van der Waals surface area contributed by atoms with Crippen LogP contribution in [0.1, 0.15) is 271 Å². The van der Waals surface area contributed by atoms with Crippen molar-refractivity contribution in [2.45, 2.75) is 277 Å². The molecule has 0 radical (unpaired) electrons. The summed E-state index contributed by atoms with van der Waals surface area (Å²) in [6.07, 6.45) is 68.9. The van der Waals surface area contributed by atoms with Crippen molar-refractivity contribution in [2.24, 2.45) is 0 Å². The van der Waals surface area contributed by atoms with E-state index >= 15 is 0 Å². The van der Waals surface area contributed by atoms with Crippen molar-refractivity contribution in [1.82, 2.24) is 0 Å². The van der Waals surface area contributed by atoms with Gasteiger partial charge in [0.05, 0.1) is 0 Å². The van der Waals surface area contributed by atoms with E-state index in [1.165, 1.54) is 122 Å². The number of allylic oxidation sites excluding steroid dienone is 12. The van der Waals surface area contributed by atoms with Crippen molar-refractivity contribution in [1.29, 1.82) is 0 Å². The summed E-state index contributed by atoms with van der Waals surface area (Å²) in [6, 6.07) is 0.